The van der Waals surface area contributed by atoms with Gasteiger partial charge in [0.25, 0.3) is 5.91 Å². The van der Waals surface area contributed by atoms with E-state index in [0.717, 1.165) is 13.1 Å². The number of rotatable bonds is 1. The Labute approximate surface area is 110 Å². The second-order valence-electron chi connectivity index (χ2n) is 4.66. The van der Waals surface area contributed by atoms with Gasteiger partial charge in [0.15, 0.2) is 0 Å². The molecular weight excluding hydrogens is 247 g/mol. The lowest BCUT2D eigenvalue weighted by Gasteiger charge is -2.27. The fourth-order valence-corrected chi connectivity index (χ4v) is 2.41. The SMILES string of the molecule is Cc1nc2ccc(F)cn2c1C(=O)N1CCNCC1. The van der Waals surface area contributed by atoms with Crippen LogP contribution in [0.2, 0.25) is 0 Å². The van der Waals surface area contributed by atoms with Gasteiger partial charge in [-0.25, -0.2) is 9.37 Å². The molecule has 1 N–H and O–H groups in total. The molecule has 5 nitrogen and oxygen atoms in total. The summed E-state index contributed by atoms with van der Waals surface area (Å²) in [4.78, 5) is 18.6. The minimum absolute atomic E-state index is 0.0860. The summed E-state index contributed by atoms with van der Waals surface area (Å²) >= 11 is 0. The van der Waals surface area contributed by atoms with Crippen molar-refractivity contribution in [3.63, 3.8) is 0 Å². The number of fused-ring (bicyclic) bond motifs is 1. The van der Waals surface area contributed by atoms with Crippen LogP contribution in [-0.2, 0) is 0 Å². The van der Waals surface area contributed by atoms with Crippen molar-refractivity contribution in [3.05, 3.63) is 35.5 Å². The molecule has 1 aliphatic rings. The number of nitrogens with zero attached hydrogens (tertiary/aromatic N) is 3. The van der Waals surface area contributed by atoms with Gasteiger partial charge in [-0.05, 0) is 19.1 Å². The fraction of sp³-hybridized carbons (Fsp3) is 0.385. The predicted molar refractivity (Wildman–Crippen MR) is 68.7 cm³/mol. The third-order valence-electron chi connectivity index (χ3n) is 3.36. The van der Waals surface area contributed by atoms with Crippen LogP contribution in [0.4, 0.5) is 4.39 Å². The summed E-state index contributed by atoms with van der Waals surface area (Å²) in [6.45, 7) is 4.69. The highest BCUT2D eigenvalue weighted by Gasteiger charge is 2.23. The average Bonchev–Trinajstić information content (AvgIpc) is 2.74. The molecule has 0 radical (unpaired) electrons. The number of imidazole rings is 1. The molecule has 3 rings (SSSR count). The maximum atomic E-state index is 13.3. The first-order valence-corrected chi connectivity index (χ1v) is 6.31. The number of pyridine rings is 1. The molecule has 0 unspecified atom stereocenters. The van der Waals surface area contributed by atoms with E-state index in [2.05, 4.69) is 10.3 Å². The van der Waals surface area contributed by atoms with Crippen LogP contribution in [-0.4, -0.2) is 46.4 Å². The molecule has 2 aromatic rings. The molecular formula is C13H15FN4O. The number of nitrogens with one attached hydrogen (secondary N) is 1. The molecule has 0 spiro atoms. The summed E-state index contributed by atoms with van der Waals surface area (Å²) < 4.78 is 14.9. The number of aryl methyl sites for hydroxylation is 1. The lowest BCUT2D eigenvalue weighted by molar-refractivity contribution is 0.0728. The van der Waals surface area contributed by atoms with E-state index < -0.39 is 0 Å². The summed E-state index contributed by atoms with van der Waals surface area (Å²) in [5, 5.41) is 3.20. The van der Waals surface area contributed by atoms with Crippen molar-refractivity contribution in [2.45, 2.75) is 6.92 Å². The summed E-state index contributed by atoms with van der Waals surface area (Å²) in [6, 6.07) is 2.93. The number of hydrogen-bond acceptors (Lipinski definition) is 3. The Bertz CT molecular complexity index is 631. The van der Waals surface area contributed by atoms with Crippen LogP contribution in [0.5, 0.6) is 0 Å². The predicted octanol–water partition coefficient (Wildman–Crippen LogP) is 0.827. The number of carbonyl (C=O) groups excluding carboxylic acids is 1. The van der Waals surface area contributed by atoms with Crippen LogP contribution in [0.1, 0.15) is 16.2 Å². The van der Waals surface area contributed by atoms with Gasteiger partial charge in [0.2, 0.25) is 0 Å². The van der Waals surface area contributed by atoms with E-state index in [4.69, 9.17) is 0 Å². The van der Waals surface area contributed by atoms with E-state index in [1.165, 1.54) is 16.7 Å². The lowest BCUT2D eigenvalue weighted by Crippen LogP contribution is -2.46. The monoisotopic (exact) mass is 262 g/mol. The number of hydrogen-bond donors (Lipinski definition) is 1. The molecule has 0 atom stereocenters. The van der Waals surface area contributed by atoms with E-state index in [1.807, 2.05) is 0 Å². The minimum atomic E-state index is -0.376. The van der Waals surface area contributed by atoms with Gasteiger partial charge in [-0.15, -0.1) is 0 Å². The standard InChI is InChI=1S/C13H15FN4O/c1-9-12(13(19)17-6-4-15-5-7-17)18-8-10(14)2-3-11(18)16-9/h2-3,8,15H,4-7H2,1H3. The molecule has 19 heavy (non-hydrogen) atoms. The number of aromatic nitrogens is 2. The molecule has 3 heterocycles. The quantitative estimate of drug-likeness (QED) is 0.828. The molecule has 1 fully saturated rings. The van der Waals surface area contributed by atoms with Crippen molar-refractivity contribution in [2.75, 3.05) is 26.2 Å². The van der Waals surface area contributed by atoms with Gasteiger partial charge in [-0.1, -0.05) is 0 Å². The van der Waals surface area contributed by atoms with Gasteiger partial charge >= 0.3 is 0 Å². The fourth-order valence-electron chi connectivity index (χ4n) is 2.41. The summed E-state index contributed by atoms with van der Waals surface area (Å²) in [5.74, 6) is -0.462. The van der Waals surface area contributed by atoms with Crippen molar-refractivity contribution >= 4 is 11.6 Å². The van der Waals surface area contributed by atoms with Gasteiger partial charge in [0.05, 0.1) is 5.69 Å². The average molecular weight is 262 g/mol. The van der Waals surface area contributed by atoms with Crippen LogP contribution in [0.3, 0.4) is 0 Å². The molecule has 0 bridgehead atoms. The number of amides is 1. The topological polar surface area (TPSA) is 49.6 Å². The van der Waals surface area contributed by atoms with Crippen LogP contribution in [0.25, 0.3) is 5.65 Å². The van der Waals surface area contributed by atoms with Crippen LogP contribution in [0.15, 0.2) is 18.3 Å². The van der Waals surface area contributed by atoms with Gasteiger partial charge in [-0.2, -0.15) is 0 Å². The zero-order valence-corrected chi connectivity index (χ0v) is 10.7. The number of carbonyl (C=O) groups is 1. The second kappa shape index (κ2) is 4.62. The Hall–Kier alpha value is -1.95. The zero-order chi connectivity index (χ0) is 13.4. The third-order valence-corrected chi connectivity index (χ3v) is 3.36. The Morgan fingerprint density at radius 2 is 2.11 bits per heavy atom. The van der Waals surface area contributed by atoms with Crippen molar-refractivity contribution in [3.8, 4) is 0 Å². The van der Waals surface area contributed by atoms with E-state index in [1.54, 1.807) is 17.9 Å². The summed E-state index contributed by atoms with van der Waals surface area (Å²) in [7, 11) is 0. The molecule has 0 saturated carbocycles. The molecule has 1 saturated heterocycles. The van der Waals surface area contributed by atoms with Crippen LogP contribution < -0.4 is 5.32 Å². The van der Waals surface area contributed by atoms with Crippen molar-refractivity contribution in [2.24, 2.45) is 0 Å². The first kappa shape index (κ1) is 12.1. The highest BCUT2D eigenvalue weighted by atomic mass is 19.1. The van der Waals surface area contributed by atoms with Gasteiger partial charge in [0.1, 0.15) is 17.2 Å². The van der Waals surface area contributed by atoms with E-state index in [0.29, 0.717) is 30.1 Å². The highest BCUT2D eigenvalue weighted by molar-refractivity contribution is 5.94. The van der Waals surface area contributed by atoms with E-state index in [9.17, 15) is 9.18 Å². The summed E-state index contributed by atoms with van der Waals surface area (Å²) in [5.41, 5.74) is 1.68. The smallest absolute Gasteiger partial charge is 0.272 e. The molecule has 0 aromatic carbocycles. The lowest BCUT2D eigenvalue weighted by atomic mass is 10.2. The van der Waals surface area contributed by atoms with E-state index >= 15 is 0 Å². The van der Waals surface area contributed by atoms with E-state index in [-0.39, 0.29) is 11.7 Å². The second-order valence-corrected chi connectivity index (χ2v) is 4.66. The van der Waals surface area contributed by atoms with Crippen molar-refractivity contribution < 1.29 is 9.18 Å². The van der Waals surface area contributed by atoms with Crippen LogP contribution >= 0.6 is 0 Å². The van der Waals surface area contributed by atoms with Crippen LogP contribution in [0, 0.1) is 12.7 Å². The first-order valence-electron chi connectivity index (χ1n) is 6.31. The van der Waals surface area contributed by atoms with Crippen molar-refractivity contribution in [1.29, 1.82) is 0 Å². The van der Waals surface area contributed by atoms with Gasteiger partial charge < -0.3 is 10.2 Å². The minimum Gasteiger partial charge on any atom is -0.335 e. The van der Waals surface area contributed by atoms with Gasteiger partial charge in [-0.3, -0.25) is 9.20 Å². The molecule has 2 aromatic heterocycles. The molecule has 100 valence electrons. The highest BCUT2D eigenvalue weighted by Crippen LogP contribution is 2.15. The first-order chi connectivity index (χ1) is 9.16. The zero-order valence-electron chi connectivity index (χ0n) is 10.7. The maximum Gasteiger partial charge on any atom is 0.272 e. The Kier molecular flexibility index (Phi) is 2.94. The Balaban J connectivity index is 2.05. The molecule has 1 amide bonds. The normalized spacial score (nSPS) is 16.0. The van der Waals surface area contributed by atoms with Gasteiger partial charge in [0, 0.05) is 32.4 Å². The Morgan fingerprint density at radius 1 is 1.37 bits per heavy atom. The Morgan fingerprint density at radius 3 is 2.84 bits per heavy atom. The third kappa shape index (κ3) is 2.08. The summed E-state index contributed by atoms with van der Waals surface area (Å²) in [6.07, 6.45) is 1.31. The number of piperazine rings is 1. The maximum absolute atomic E-state index is 13.3. The largest absolute Gasteiger partial charge is 0.335 e. The van der Waals surface area contributed by atoms with Crippen molar-refractivity contribution in [1.82, 2.24) is 19.6 Å². The molecule has 1 aliphatic heterocycles. The molecule has 6 heteroatoms. The number of halogens is 1. The molecule has 0 aliphatic carbocycles.